The number of carbonyl (C=O) groups is 1. The number of nitriles is 1. The van der Waals surface area contributed by atoms with Crippen molar-refractivity contribution in [3.63, 3.8) is 0 Å². The first-order valence-corrected chi connectivity index (χ1v) is 13.3. The number of aryl methyl sites for hydroxylation is 1. The molecule has 1 unspecified atom stereocenters. The number of nitrogens with zero attached hydrogens (tertiary/aromatic N) is 1. The summed E-state index contributed by atoms with van der Waals surface area (Å²) < 4.78 is 37.6. The maximum Gasteiger partial charge on any atom is 0.295 e. The van der Waals surface area contributed by atoms with Gasteiger partial charge in [0.25, 0.3) is 5.92 Å². The Kier molecular flexibility index (Phi) is 8.48. The van der Waals surface area contributed by atoms with Gasteiger partial charge < -0.3 is 10.2 Å². The number of carbonyl (C=O) groups excluding carboxylic acids is 1. The molecule has 32 heavy (non-hydrogen) atoms. The Balaban J connectivity index is 2.54. The van der Waals surface area contributed by atoms with Crippen LogP contribution in [0.15, 0.2) is 48.5 Å². The van der Waals surface area contributed by atoms with Gasteiger partial charge in [-0.1, -0.05) is 56.7 Å². The third-order valence-electron chi connectivity index (χ3n) is 5.96. The average Bonchev–Trinajstić information content (AvgIpc) is 2.79. The first kappa shape index (κ1) is 25.4. The van der Waals surface area contributed by atoms with E-state index in [-0.39, 0.29) is 16.7 Å². The van der Waals surface area contributed by atoms with Gasteiger partial charge in [0, 0.05) is 5.56 Å². The molecule has 0 radical (unpaired) electrons. The van der Waals surface area contributed by atoms with E-state index in [1.54, 1.807) is 24.3 Å². The molecule has 0 aliphatic carbocycles. The predicted octanol–water partition coefficient (Wildman–Crippen LogP) is 6.38. The summed E-state index contributed by atoms with van der Waals surface area (Å²) in [5.74, 6) is -4.11. The van der Waals surface area contributed by atoms with Crippen LogP contribution in [0.1, 0.15) is 59.5 Å². The van der Waals surface area contributed by atoms with E-state index < -0.39 is 26.3 Å². The first-order valence-electron chi connectivity index (χ1n) is 10.8. The van der Waals surface area contributed by atoms with Crippen molar-refractivity contribution in [1.82, 2.24) is 0 Å². The zero-order valence-corrected chi connectivity index (χ0v) is 20.0. The van der Waals surface area contributed by atoms with Gasteiger partial charge in [0.2, 0.25) is 5.91 Å². The van der Waals surface area contributed by atoms with Crippen LogP contribution in [0.25, 0.3) is 6.08 Å². The summed E-state index contributed by atoms with van der Waals surface area (Å²) in [5.41, 5.74) is 7.25. The van der Waals surface area contributed by atoms with Crippen molar-refractivity contribution in [3.8, 4) is 6.07 Å². The topological polar surface area (TPSA) is 76.1 Å². The second-order valence-corrected chi connectivity index (χ2v) is 12.7. The molecule has 0 spiro atoms. The zero-order chi connectivity index (χ0) is 23.9. The lowest BCUT2D eigenvalue weighted by molar-refractivity contribution is -0.0627. The van der Waals surface area contributed by atoms with Gasteiger partial charge in [-0.2, -0.15) is 14.0 Å². The van der Waals surface area contributed by atoms with Crippen LogP contribution in [0.4, 0.5) is 8.78 Å². The molecule has 4 nitrogen and oxygen atoms in total. The molecule has 0 aliphatic heterocycles. The summed E-state index contributed by atoms with van der Waals surface area (Å²) in [5, 5.41) is 9.13. The van der Waals surface area contributed by atoms with Crippen LogP contribution < -0.4 is 5.73 Å². The molecule has 0 aromatic heterocycles. The minimum atomic E-state index is -3.36. The van der Waals surface area contributed by atoms with E-state index in [1.165, 1.54) is 18.2 Å². The largest absolute Gasteiger partial charge is 0.404 e. The number of hydrogen-bond donors (Lipinski definition) is 1. The van der Waals surface area contributed by atoms with E-state index >= 15 is 8.78 Å². The molecule has 2 rings (SSSR count). The molecule has 0 saturated carbocycles. The molecule has 0 saturated heterocycles. The van der Waals surface area contributed by atoms with Gasteiger partial charge in [0.05, 0.1) is 11.6 Å². The number of nitrogens with two attached hydrogens (primary N) is 1. The third kappa shape index (κ3) is 5.90. The molecule has 0 bridgehead atoms. The number of benzene rings is 2. The molecule has 7 heteroatoms. The van der Waals surface area contributed by atoms with Crippen LogP contribution >= 0.6 is 0 Å². The predicted molar refractivity (Wildman–Crippen MR) is 126 cm³/mol. The lowest BCUT2D eigenvalue weighted by Crippen LogP contribution is -2.41. The van der Waals surface area contributed by atoms with Gasteiger partial charge >= 0.3 is 0 Å². The Morgan fingerprint density at radius 1 is 1.16 bits per heavy atom. The minimum absolute atomic E-state index is 0.0725. The first-order chi connectivity index (χ1) is 15.1. The quantitative estimate of drug-likeness (QED) is 0.422. The molecule has 1 amide bonds. The second-order valence-electron chi connectivity index (χ2n) is 7.94. The number of halogens is 2. The smallest absolute Gasteiger partial charge is 0.295 e. The van der Waals surface area contributed by atoms with Gasteiger partial charge in [-0.15, -0.1) is 0 Å². The molecule has 2 N–H and O–H groups in total. The fraction of sp³-hybridized carbons (Fsp3) is 0.360. The van der Waals surface area contributed by atoms with Gasteiger partial charge in [-0.25, -0.2) is 0 Å². The van der Waals surface area contributed by atoms with Crippen LogP contribution in [-0.4, -0.2) is 20.1 Å². The summed E-state index contributed by atoms with van der Waals surface area (Å²) in [6, 6.07) is 15.3. The molecule has 1 atom stereocenters. The van der Waals surface area contributed by atoms with E-state index in [4.69, 9.17) is 15.4 Å². The van der Waals surface area contributed by atoms with Gasteiger partial charge in [0.1, 0.15) is 6.10 Å². The average molecular weight is 457 g/mol. The van der Waals surface area contributed by atoms with Crippen LogP contribution in [0.3, 0.4) is 0 Å². The Morgan fingerprint density at radius 3 is 2.25 bits per heavy atom. The number of alkyl halides is 2. The lowest BCUT2D eigenvalue weighted by Gasteiger charge is -2.36. The Bertz CT molecular complexity index is 1000. The summed E-state index contributed by atoms with van der Waals surface area (Å²) in [4.78, 5) is 11.7. The highest BCUT2D eigenvalue weighted by Gasteiger charge is 2.44. The monoisotopic (exact) mass is 456 g/mol. The highest BCUT2D eigenvalue weighted by molar-refractivity contribution is 6.73. The SMILES string of the molecule is CC[Si](CC)(CC)OC(c1ccc(C)cc1)C(F)(F)/C=C/c1cc(C#N)ccc1C(N)=O. The zero-order valence-electron chi connectivity index (χ0n) is 19.0. The van der Waals surface area contributed by atoms with E-state index in [2.05, 4.69) is 0 Å². The molecule has 2 aromatic rings. The molecular weight excluding hydrogens is 426 g/mol. The third-order valence-corrected chi connectivity index (χ3v) is 10.6. The van der Waals surface area contributed by atoms with Gasteiger partial charge in [0.15, 0.2) is 8.32 Å². The summed E-state index contributed by atoms with van der Waals surface area (Å²) in [6.07, 6.45) is 0.445. The standard InChI is InChI=1S/C25H30F2N2O2Si/c1-5-32(6-2,7-3)31-23(20-11-8-18(4)9-12-20)25(26,27)15-14-21-16-19(17-28)10-13-22(21)24(29)30/h8-16,23H,5-7H2,1-4H3,(H2,29,30)/b15-14+. The molecule has 0 fully saturated rings. The molecule has 170 valence electrons. The fourth-order valence-electron chi connectivity index (χ4n) is 3.64. The maximum atomic E-state index is 15.6. The van der Waals surface area contributed by atoms with Crippen molar-refractivity contribution < 1.29 is 18.0 Å². The van der Waals surface area contributed by atoms with E-state index in [0.29, 0.717) is 5.56 Å². The molecule has 0 heterocycles. The summed E-state index contributed by atoms with van der Waals surface area (Å²) in [7, 11) is -2.37. The van der Waals surface area contributed by atoms with E-state index in [9.17, 15) is 4.79 Å². The molecule has 2 aromatic carbocycles. The number of rotatable bonds is 10. The van der Waals surface area contributed by atoms with Gasteiger partial charge in [-0.3, -0.25) is 4.79 Å². The molecular formula is C25H30F2N2O2Si. The minimum Gasteiger partial charge on any atom is -0.404 e. The van der Waals surface area contributed by atoms with Crippen LogP contribution in [0.5, 0.6) is 0 Å². The van der Waals surface area contributed by atoms with Crippen molar-refractivity contribution in [3.05, 3.63) is 76.4 Å². The number of amides is 1. The summed E-state index contributed by atoms with van der Waals surface area (Å²) in [6.45, 7) is 7.87. The van der Waals surface area contributed by atoms with Crippen molar-refractivity contribution in [1.29, 1.82) is 5.26 Å². The number of hydrogen-bond acceptors (Lipinski definition) is 3. The fourth-order valence-corrected chi connectivity index (χ4v) is 6.44. The second kappa shape index (κ2) is 10.7. The Hall–Kier alpha value is -2.82. The Morgan fingerprint density at radius 2 is 1.75 bits per heavy atom. The van der Waals surface area contributed by atoms with E-state index in [0.717, 1.165) is 35.8 Å². The van der Waals surface area contributed by atoms with E-state index in [1.807, 2.05) is 33.8 Å². The van der Waals surface area contributed by atoms with Crippen molar-refractivity contribution in [2.75, 3.05) is 0 Å². The van der Waals surface area contributed by atoms with Crippen molar-refractivity contribution in [2.45, 2.75) is 57.9 Å². The normalized spacial score (nSPS) is 13.2. The van der Waals surface area contributed by atoms with Crippen molar-refractivity contribution >= 4 is 20.3 Å². The molecule has 0 aliphatic rings. The van der Waals surface area contributed by atoms with Crippen LogP contribution in [0.2, 0.25) is 18.1 Å². The lowest BCUT2D eigenvalue weighted by atomic mass is 9.99. The van der Waals surface area contributed by atoms with Crippen molar-refractivity contribution in [2.24, 2.45) is 5.73 Å². The number of primary amides is 1. The highest BCUT2D eigenvalue weighted by atomic mass is 28.4. The van der Waals surface area contributed by atoms with Crippen LogP contribution in [-0.2, 0) is 4.43 Å². The van der Waals surface area contributed by atoms with Crippen LogP contribution in [0, 0.1) is 18.3 Å². The highest BCUT2D eigenvalue weighted by Crippen LogP contribution is 2.41. The Labute approximate surface area is 189 Å². The summed E-state index contributed by atoms with van der Waals surface area (Å²) >= 11 is 0. The van der Waals surface area contributed by atoms with Gasteiger partial charge in [-0.05, 0) is 60.5 Å². The maximum absolute atomic E-state index is 15.6.